The topological polar surface area (TPSA) is 132 Å². The largest absolute Gasteiger partial charge is 0.489 e. The molecule has 2 amide bonds. The van der Waals surface area contributed by atoms with Crippen molar-refractivity contribution in [3.05, 3.63) is 147 Å². The molecule has 0 spiro atoms. The third kappa shape index (κ3) is 8.21. The number of aliphatic carboxylic acids is 1. The Morgan fingerprint density at radius 1 is 0.929 bits per heavy atom. The first-order chi connectivity index (χ1) is 27.0. The van der Waals surface area contributed by atoms with Crippen LogP contribution in [0.25, 0.3) is 11.1 Å². The van der Waals surface area contributed by atoms with E-state index < -0.39 is 24.2 Å². The number of amides is 2. The average molecular weight is 790 g/mol. The first kappa shape index (κ1) is 38.4. The summed E-state index contributed by atoms with van der Waals surface area (Å²) in [6.07, 6.45) is -0.417. The molecule has 1 unspecified atom stereocenters. The molecule has 0 fully saturated rings. The Labute approximate surface area is 334 Å². The molecule has 0 saturated heterocycles. The molecule has 2 N–H and O–H groups in total. The summed E-state index contributed by atoms with van der Waals surface area (Å²) >= 11 is 12.1. The van der Waals surface area contributed by atoms with Gasteiger partial charge in [0.25, 0.3) is 5.91 Å². The number of anilines is 1. The van der Waals surface area contributed by atoms with Crippen LogP contribution in [0.15, 0.2) is 103 Å². The Bertz CT molecular complexity index is 2330. The smallest absolute Gasteiger partial charge is 0.326 e. The highest BCUT2D eigenvalue weighted by Gasteiger charge is 2.38. The molecule has 5 aromatic carbocycles. The molecular weight excluding hydrogens is 751 g/mol. The molecule has 3 atom stereocenters. The number of hydrogen-bond acceptors (Lipinski definition) is 7. The number of rotatable bonds is 11. The SMILES string of the molecule is CCN1Cc2cc3c(cc2CC1C(=O)N[C@@H](Cc1ccc(-c2ccc(C#N)cc2)cc1)C(=O)O)N(C)C(=O)[C@H](c1ccc(OCc2ccc(Cl)c(Cl)c2)cc1)O3. The van der Waals surface area contributed by atoms with Crippen LogP contribution in [0, 0.1) is 11.3 Å². The van der Waals surface area contributed by atoms with Crippen molar-refractivity contribution >= 4 is 46.7 Å². The van der Waals surface area contributed by atoms with Gasteiger partial charge in [0.1, 0.15) is 24.1 Å². The minimum absolute atomic E-state index is 0.109. The molecule has 2 heterocycles. The van der Waals surface area contributed by atoms with Crippen LogP contribution in [0.2, 0.25) is 10.0 Å². The number of halogens is 2. The van der Waals surface area contributed by atoms with Crippen LogP contribution in [0.3, 0.4) is 0 Å². The van der Waals surface area contributed by atoms with Gasteiger partial charge in [-0.25, -0.2) is 4.79 Å². The highest BCUT2D eigenvalue weighted by atomic mass is 35.5. The normalized spacial score (nSPS) is 16.8. The second kappa shape index (κ2) is 16.5. The van der Waals surface area contributed by atoms with Gasteiger partial charge in [0.2, 0.25) is 12.0 Å². The molecule has 0 saturated carbocycles. The summed E-state index contributed by atoms with van der Waals surface area (Å²) in [7, 11) is 1.71. The van der Waals surface area contributed by atoms with Gasteiger partial charge in [-0.1, -0.05) is 84.7 Å². The fourth-order valence-electron chi connectivity index (χ4n) is 7.10. The molecule has 0 aromatic heterocycles. The van der Waals surface area contributed by atoms with Crippen molar-refractivity contribution in [2.75, 3.05) is 18.5 Å². The first-order valence-corrected chi connectivity index (χ1v) is 18.9. The van der Waals surface area contributed by atoms with Crippen molar-refractivity contribution in [2.45, 2.75) is 51.1 Å². The van der Waals surface area contributed by atoms with E-state index >= 15 is 0 Å². The van der Waals surface area contributed by atoms with Crippen LogP contribution in [-0.2, 0) is 40.4 Å². The molecule has 0 radical (unpaired) electrons. The quantitative estimate of drug-likeness (QED) is 0.139. The predicted octanol–water partition coefficient (Wildman–Crippen LogP) is 7.77. The maximum absolute atomic E-state index is 13.8. The standard InChI is InChI=1S/C44H38Cl2N4O6/c1-3-50-24-33-22-40-38(49(2)43(52)41(56-40)31-13-15-34(16-14-31)55-25-28-8-17-35(45)36(46)18-28)20-32(33)21-39(50)42(51)48-37(44(53)54)19-26-4-9-29(10-5-26)30-11-6-27(23-47)7-12-30/h4-18,20,22,37,39,41H,3,19,21,24-25H2,1-2H3,(H,48,51)(H,53,54)/t37-,39?,41-/m0/s1. The van der Waals surface area contributed by atoms with Crippen LogP contribution < -0.4 is 19.7 Å². The average Bonchev–Trinajstić information content (AvgIpc) is 3.21. The monoisotopic (exact) mass is 788 g/mol. The highest BCUT2D eigenvalue weighted by molar-refractivity contribution is 6.42. The molecule has 12 heteroatoms. The fraction of sp³-hybridized carbons (Fsp3) is 0.227. The Morgan fingerprint density at radius 3 is 2.25 bits per heavy atom. The Kier molecular flexibility index (Phi) is 11.3. The van der Waals surface area contributed by atoms with Gasteiger partial charge in [-0.2, -0.15) is 5.26 Å². The highest BCUT2D eigenvalue weighted by Crippen LogP contribution is 2.42. The van der Waals surface area contributed by atoms with E-state index in [1.165, 1.54) is 0 Å². The molecule has 2 aliphatic heterocycles. The van der Waals surface area contributed by atoms with E-state index in [0.717, 1.165) is 33.4 Å². The molecule has 0 aliphatic carbocycles. The van der Waals surface area contributed by atoms with Crippen LogP contribution >= 0.6 is 23.2 Å². The molecule has 284 valence electrons. The zero-order valence-corrected chi connectivity index (χ0v) is 32.2. The summed E-state index contributed by atoms with van der Waals surface area (Å²) in [5.74, 6) is -0.557. The minimum atomic E-state index is -1.14. The maximum atomic E-state index is 13.8. The van der Waals surface area contributed by atoms with Gasteiger partial charge >= 0.3 is 5.97 Å². The lowest BCUT2D eigenvalue weighted by molar-refractivity contribution is -0.142. The fourth-order valence-corrected chi connectivity index (χ4v) is 7.42. The van der Waals surface area contributed by atoms with Gasteiger partial charge in [-0.15, -0.1) is 0 Å². The second-order valence-electron chi connectivity index (χ2n) is 13.9. The zero-order chi connectivity index (χ0) is 39.5. The number of ether oxygens (including phenoxy) is 2. The van der Waals surface area contributed by atoms with E-state index in [2.05, 4.69) is 11.4 Å². The number of nitrogens with zero attached hydrogens (tertiary/aromatic N) is 3. The number of carbonyl (C=O) groups is 3. The Hall–Kier alpha value is -5.86. The van der Waals surface area contributed by atoms with Gasteiger partial charge in [0.05, 0.1) is 33.4 Å². The summed E-state index contributed by atoms with van der Waals surface area (Å²) < 4.78 is 12.3. The second-order valence-corrected chi connectivity index (χ2v) is 14.7. The molecule has 0 bridgehead atoms. The van der Waals surface area contributed by atoms with Gasteiger partial charge in [0.15, 0.2) is 0 Å². The van der Waals surface area contributed by atoms with Gasteiger partial charge in [0, 0.05) is 25.6 Å². The van der Waals surface area contributed by atoms with Crippen LogP contribution in [0.1, 0.15) is 46.4 Å². The van der Waals surface area contributed by atoms with Crippen molar-refractivity contribution < 1.29 is 29.0 Å². The number of carboxylic acid groups (broad SMARTS) is 1. The lowest BCUT2D eigenvalue weighted by Gasteiger charge is -2.38. The maximum Gasteiger partial charge on any atom is 0.326 e. The summed E-state index contributed by atoms with van der Waals surface area (Å²) in [4.78, 5) is 43.4. The first-order valence-electron chi connectivity index (χ1n) is 18.1. The Morgan fingerprint density at radius 2 is 1.61 bits per heavy atom. The lowest BCUT2D eigenvalue weighted by atomic mass is 9.91. The summed E-state index contributed by atoms with van der Waals surface area (Å²) in [6, 6.07) is 31.5. The van der Waals surface area contributed by atoms with Crippen molar-refractivity contribution in [1.29, 1.82) is 5.26 Å². The summed E-state index contributed by atoms with van der Waals surface area (Å²) in [6.45, 7) is 3.27. The third-order valence-electron chi connectivity index (χ3n) is 10.3. The predicted molar refractivity (Wildman–Crippen MR) is 214 cm³/mol. The summed E-state index contributed by atoms with van der Waals surface area (Å²) in [5.41, 5.74) is 7.21. The van der Waals surface area contributed by atoms with E-state index in [1.807, 2.05) is 78.6 Å². The number of nitrogens with one attached hydrogen (secondary N) is 1. The molecule has 2 aliphatic rings. The number of benzene rings is 5. The van der Waals surface area contributed by atoms with Gasteiger partial charge < -0.3 is 24.8 Å². The van der Waals surface area contributed by atoms with E-state index in [-0.39, 0.29) is 18.2 Å². The number of fused-ring (bicyclic) bond motifs is 2. The van der Waals surface area contributed by atoms with Crippen LogP contribution in [0.4, 0.5) is 5.69 Å². The van der Waals surface area contributed by atoms with Crippen molar-refractivity contribution in [3.63, 3.8) is 0 Å². The number of carbonyl (C=O) groups excluding carboxylic acids is 2. The number of nitriles is 1. The van der Waals surface area contributed by atoms with E-state index in [1.54, 1.807) is 48.3 Å². The van der Waals surface area contributed by atoms with Crippen molar-refractivity contribution in [3.8, 4) is 28.7 Å². The van der Waals surface area contributed by atoms with Crippen LogP contribution in [-0.4, -0.2) is 53.5 Å². The van der Waals surface area contributed by atoms with Gasteiger partial charge in [-0.05, 0) is 94.9 Å². The van der Waals surface area contributed by atoms with Crippen molar-refractivity contribution in [2.24, 2.45) is 0 Å². The third-order valence-corrected chi connectivity index (χ3v) is 11.0. The number of carboxylic acids is 1. The van der Waals surface area contributed by atoms with E-state index in [0.29, 0.717) is 64.5 Å². The molecule has 56 heavy (non-hydrogen) atoms. The molecular formula is C44H38Cl2N4O6. The zero-order valence-electron chi connectivity index (χ0n) is 30.7. The molecule has 5 aromatic rings. The van der Waals surface area contributed by atoms with E-state index in [9.17, 15) is 19.5 Å². The van der Waals surface area contributed by atoms with Gasteiger partial charge in [-0.3, -0.25) is 14.5 Å². The van der Waals surface area contributed by atoms with Crippen molar-refractivity contribution in [1.82, 2.24) is 10.2 Å². The number of hydrogen-bond donors (Lipinski definition) is 2. The number of likely N-dealkylation sites (N-methyl/N-ethyl adjacent to an activating group) is 2. The summed E-state index contributed by atoms with van der Waals surface area (Å²) in [5, 5.41) is 22.9. The van der Waals surface area contributed by atoms with E-state index in [4.69, 9.17) is 37.9 Å². The molecule has 7 rings (SSSR count). The minimum Gasteiger partial charge on any atom is -0.489 e. The molecule has 10 nitrogen and oxygen atoms in total. The lowest BCUT2D eigenvalue weighted by Crippen LogP contribution is -2.54. The Balaban J connectivity index is 1.02. The van der Waals surface area contributed by atoms with Crippen LogP contribution in [0.5, 0.6) is 11.5 Å².